The lowest BCUT2D eigenvalue weighted by molar-refractivity contribution is 0.644. The van der Waals surface area contributed by atoms with Crippen molar-refractivity contribution in [3.8, 4) is 0 Å². The Kier molecular flexibility index (Phi) is 3.45. The van der Waals surface area contributed by atoms with E-state index in [0.29, 0.717) is 6.04 Å². The lowest BCUT2D eigenvalue weighted by Gasteiger charge is -2.35. The van der Waals surface area contributed by atoms with E-state index in [1.807, 2.05) is 6.08 Å². The van der Waals surface area contributed by atoms with E-state index in [1.54, 1.807) is 0 Å². The van der Waals surface area contributed by atoms with Gasteiger partial charge < -0.3 is 4.90 Å². The Morgan fingerprint density at radius 1 is 1.38 bits per heavy atom. The summed E-state index contributed by atoms with van der Waals surface area (Å²) in [5.74, 6) is 0. The molecule has 0 radical (unpaired) electrons. The molecule has 1 heterocycles. The second kappa shape index (κ2) is 5.02. The summed E-state index contributed by atoms with van der Waals surface area (Å²) in [4.78, 5) is 2.44. The smallest absolute Gasteiger partial charge is 0.0479 e. The predicted molar refractivity (Wildman–Crippen MR) is 71.7 cm³/mol. The molecule has 1 aromatic rings. The average molecular weight is 213 g/mol. The molecule has 84 valence electrons. The van der Waals surface area contributed by atoms with Gasteiger partial charge in [0.15, 0.2) is 0 Å². The fourth-order valence-corrected chi connectivity index (χ4v) is 2.31. The number of hydrogen-bond donors (Lipinski definition) is 0. The average Bonchev–Trinajstić information content (AvgIpc) is 2.32. The Morgan fingerprint density at radius 3 is 2.94 bits per heavy atom. The number of rotatable bonds is 4. The third-order valence-electron chi connectivity index (χ3n) is 3.05. The lowest BCUT2D eigenvalue weighted by atomic mass is 10.00. The molecule has 0 saturated heterocycles. The second-order valence-electron chi connectivity index (χ2n) is 4.21. The van der Waals surface area contributed by atoms with Crippen molar-refractivity contribution in [3.05, 3.63) is 48.6 Å². The van der Waals surface area contributed by atoms with Crippen molar-refractivity contribution < 1.29 is 0 Å². The molecule has 2 rings (SSSR count). The van der Waals surface area contributed by atoms with Gasteiger partial charge in [-0.2, -0.15) is 0 Å². The van der Waals surface area contributed by atoms with Gasteiger partial charge in [-0.05, 0) is 18.1 Å². The second-order valence-corrected chi connectivity index (χ2v) is 4.21. The zero-order chi connectivity index (χ0) is 11.4. The van der Waals surface area contributed by atoms with Crippen LogP contribution in [-0.4, -0.2) is 12.6 Å². The quantitative estimate of drug-likeness (QED) is 0.686. The third kappa shape index (κ3) is 2.04. The van der Waals surface area contributed by atoms with Crippen LogP contribution in [0.25, 0.3) is 6.08 Å². The maximum atomic E-state index is 3.86. The summed E-state index contributed by atoms with van der Waals surface area (Å²) in [6.45, 7) is 7.02. The Labute approximate surface area is 98.1 Å². The molecule has 16 heavy (non-hydrogen) atoms. The summed E-state index contributed by atoms with van der Waals surface area (Å²) >= 11 is 0. The van der Waals surface area contributed by atoms with E-state index in [1.165, 1.54) is 24.1 Å². The molecule has 1 aromatic carbocycles. The fraction of sp³-hybridized carbons (Fsp3) is 0.333. The van der Waals surface area contributed by atoms with Gasteiger partial charge in [-0.1, -0.05) is 49.8 Å². The summed E-state index contributed by atoms with van der Waals surface area (Å²) in [6, 6.07) is 9.10. The molecular weight excluding hydrogens is 194 g/mol. The highest BCUT2D eigenvalue weighted by molar-refractivity contribution is 5.72. The molecule has 0 aromatic heterocycles. The van der Waals surface area contributed by atoms with Crippen LogP contribution in [0.15, 0.2) is 43.0 Å². The van der Waals surface area contributed by atoms with Crippen molar-refractivity contribution in [2.24, 2.45) is 0 Å². The van der Waals surface area contributed by atoms with Crippen LogP contribution in [0.1, 0.15) is 25.3 Å². The first kappa shape index (κ1) is 11.0. The number of benzene rings is 1. The standard InChI is InChI=1S/C15H19N/c1-3-7-14-11-10-13-8-5-6-9-15(13)16(14)12-4-2/h4-6,8-11,14H,2-3,7,12H2,1H3. The Bertz CT molecular complexity index is 392. The van der Waals surface area contributed by atoms with Crippen molar-refractivity contribution in [3.63, 3.8) is 0 Å². The van der Waals surface area contributed by atoms with Crippen molar-refractivity contribution in [2.45, 2.75) is 25.8 Å². The van der Waals surface area contributed by atoms with Gasteiger partial charge in [0.1, 0.15) is 0 Å². The maximum absolute atomic E-state index is 3.86. The summed E-state index contributed by atoms with van der Waals surface area (Å²) < 4.78 is 0. The number of fused-ring (bicyclic) bond motifs is 1. The van der Waals surface area contributed by atoms with Crippen molar-refractivity contribution in [2.75, 3.05) is 11.4 Å². The molecule has 0 amide bonds. The number of para-hydroxylation sites is 1. The molecule has 1 unspecified atom stereocenters. The molecule has 1 atom stereocenters. The van der Waals surface area contributed by atoms with Gasteiger partial charge >= 0.3 is 0 Å². The molecule has 1 heteroatoms. The van der Waals surface area contributed by atoms with E-state index < -0.39 is 0 Å². The van der Waals surface area contributed by atoms with E-state index in [2.05, 4.69) is 54.8 Å². The maximum Gasteiger partial charge on any atom is 0.0479 e. The minimum absolute atomic E-state index is 0.526. The molecule has 0 bridgehead atoms. The van der Waals surface area contributed by atoms with Crippen LogP contribution in [0, 0.1) is 0 Å². The first-order valence-corrected chi connectivity index (χ1v) is 6.01. The number of hydrogen-bond acceptors (Lipinski definition) is 1. The van der Waals surface area contributed by atoms with Crippen LogP contribution >= 0.6 is 0 Å². The van der Waals surface area contributed by atoms with E-state index in [0.717, 1.165) is 6.54 Å². The Morgan fingerprint density at radius 2 is 2.19 bits per heavy atom. The largest absolute Gasteiger partial charge is 0.361 e. The van der Waals surface area contributed by atoms with Gasteiger partial charge in [-0.3, -0.25) is 0 Å². The summed E-state index contributed by atoms with van der Waals surface area (Å²) in [7, 11) is 0. The number of anilines is 1. The van der Waals surface area contributed by atoms with Gasteiger partial charge in [-0.15, -0.1) is 6.58 Å². The topological polar surface area (TPSA) is 3.24 Å². The highest BCUT2D eigenvalue weighted by Gasteiger charge is 2.19. The molecule has 0 spiro atoms. The molecule has 1 aliphatic heterocycles. The number of nitrogens with zero attached hydrogens (tertiary/aromatic N) is 1. The van der Waals surface area contributed by atoms with E-state index >= 15 is 0 Å². The predicted octanol–water partition coefficient (Wildman–Crippen LogP) is 3.87. The van der Waals surface area contributed by atoms with Crippen LogP contribution in [0.2, 0.25) is 0 Å². The van der Waals surface area contributed by atoms with Gasteiger partial charge in [0, 0.05) is 18.3 Å². The van der Waals surface area contributed by atoms with E-state index in [-0.39, 0.29) is 0 Å². The molecule has 0 N–H and O–H groups in total. The van der Waals surface area contributed by atoms with Crippen LogP contribution in [0.4, 0.5) is 5.69 Å². The SMILES string of the molecule is C=CCN1c2ccccc2C=CC1CCC. The molecular formula is C15H19N. The van der Waals surface area contributed by atoms with Crippen LogP contribution in [0.3, 0.4) is 0 Å². The Hall–Kier alpha value is -1.50. The first-order chi connectivity index (χ1) is 7.86. The molecule has 0 saturated carbocycles. The summed E-state index contributed by atoms with van der Waals surface area (Å²) in [5, 5.41) is 0. The Balaban J connectivity index is 2.33. The minimum Gasteiger partial charge on any atom is -0.361 e. The van der Waals surface area contributed by atoms with Crippen LogP contribution < -0.4 is 4.90 Å². The van der Waals surface area contributed by atoms with Crippen molar-refractivity contribution in [1.29, 1.82) is 0 Å². The molecule has 0 fully saturated rings. The summed E-state index contributed by atoms with van der Waals surface area (Å²) in [6.07, 6.45) is 8.96. The first-order valence-electron chi connectivity index (χ1n) is 6.01. The molecule has 0 aliphatic carbocycles. The zero-order valence-electron chi connectivity index (χ0n) is 9.89. The summed E-state index contributed by atoms with van der Waals surface area (Å²) in [5.41, 5.74) is 2.65. The van der Waals surface area contributed by atoms with Crippen LogP contribution in [-0.2, 0) is 0 Å². The van der Waals surface area contributed by atoms with E-state index in [9.17, 15) is 0 Å². The third-order valence-corrected chi connectivity index (χ3v) is 3.05. The van der Waals surface area contributed by atoms with Gasteiger partial charge in [0.2, 0.25) is 0 Å². The monoisotopic (exact) mass is 213 g/mol. The minimum atomic E-state index is 0.526. The molecule has 1 aliphatic rings. The van der Waals surface area contributed by atoms with Crippen LogP contribution in [0.5, 0.6) is 0 Å². The fourth-order valence-electron chi connectivity index (χ4n) is 2.31. The highest BCUT2D eigenvalue weighted by atomic mass is 15.2. The lowest BCUT2D eigenvalue weighted by Crippen LogP contribution is -2.36. The normalized spacial score (nSPS) is 18.3. The zero-order valence-corrected chi connectivity index (χ0v) is 9.89. The van der Waals surface area contributed by atoms with Crippen molar-refractivity contribution >= 4 is 11.8 Å². The highest BCUT2D eigenvalue weighted by Crippen LogP contribution is 2.30. The van der Waals surface area contributed by atoms with Gasteiger partial charge in [0.25, 0.3) is 0 Å². The van der Waals surface area contributed by atoms with Gasteiger partial charge in [-0.25, -0.2) is 0 Å². The molecule has 1 nitrogen and oxygen atoms in total. The van der Waals surface area contributed by atoms with Crippen molar-refractivity contribution in [1.82, 2.24) is 0 Å². The van der Waals surface area contributed by atoms with E-state index in [4.69, 9.17) is 0 Å². The van der Waals surface area contributed by atoms with Gasteiger partial charge in [0.05, 0.1) is 0 Å².